The van der Waals surface area contributed by atoms with E-state index in [-0.39, 0.29) is 0 Å². The number of para-hydroxylation sites is 2. The van der Waals surface area contributed by atoms with Crippen LogP contribution >= 0.6 is 0 Å². The molecule has 0 aliphatic carbocycles. The van der Waals surface area contributed by atoms with Crippen molar-refractivity contribution in [3.8, 4) is 11.3 Å². The average molecular weight is 372 g/mol. The molecular weight excluding hydrogens is 349 g/mol. The summed E-state index contributed by atoms with van der Waals surface area (Å²) in [7, 11) is 1.64. The Kier molecular flexibility index (Phi) is 4.52. The van der Waals surface area contributed by atoms with Crippen molar-refractivity contribution >= 4 is 34.9 Å². The Labute approximate surface area is 165 Å². The van der Waals surface area contributed by atoms with Crippen molar-refractivity contribution in [2.45, 2.75) is 38.9 Å². The number of nitrogens with zero attached hydrogens (tertiary/aromatic N) is 1. The summed E-state index contributed by atoms with van der Waals surface area (Å²) >= 11 is 0. The third kappa shape index (κ3) is 3.32. The molecule has 2 aromatic heterocycles. The second-order valence-electron chi connectivity index (χ2n) is 8.06. The van der Waals surface area contributed by atoms with Crippen LogP contribution in [0.2, 0.25) is 0 Å². The van der Waals surface area contributed by atoms with E-state index >= 15 is 0 Å². The molecule has 4 rings (SSSR count). The normalized spacial score (nSPS) is 12.6. The van der Waals surface area contributed by atoms with E-state index in [9.17, 15) is 5.11 Å². The Morgan fingerprint density at radius 3 is 2.39 bits per heavy atom. The molecule has 2 aromatic carbocycles. The van der Waals surface area contributed by atoms with Crippen molar-refractivity contribution in [3.05, 3.63) is 60.8 Å². The van der Waals surface area contributed by atoms with Gasteiger partial charge in [-0.3, -0.25) is 4.98 Å². The van der Waals surface area contributed by atoms with Crippen LogP contribution in [0.5, 0.6) is 0 Å². The maximum absolute atomic E-state index is 10.2. The van der Waals surface area contributed by atoms with Crippen molar-refractivity contribution in [1.29, 1.82) is 0 Å². The number of pyridine rings is 1. The molecule has 1 N–H and O–H groups in total. The highest BCUT2D eigenvalue weighted by atomic mass is 16.5. The molecule has 2 heterocycles. The van der Waals surface area contributed by atoms with Crippen LogP contribution in [0.25, 0.3) is 33.2 Å². The molecule has 0 spiro atoms. The summed E-state index contributed by atoms with van der Waals surface area (Å²) in [6.45, 7) is 7.17. The van der Waals surface area contributed by atoms with Gasteiger partial charge in [0.15, 0.2) is 0 Å². The molecule has 1 radical (unpaired) electrons. The highest BCUT2D eigenvalue weighted by molar-refractivity contribution is 6.46. The first-order valence-electron chi connectivity index (χ1n) is 9.36. The smallest absolute Gasteiger partial charge is 0.332 e. The number of aliphatic hydroxyl groups is 1. The van der Waals surface area contributed by atoms with Gasteiger partial charge < -0.3 is 14.2 Å². The van der Waals surface area contributed by atoms with Gasteiger partial charge in [-0.05, 0) is 51.4 Å². The van der Waals surface area contributed by atoms with Gasteiger partial charge in [-0.1, -0.05) is 36.4 Å². The molecule has 4 aromatic rings. The van der Waals surface area contributed by atoms with E-state index in [4.69, 9.17) is 9.07 Å². The lowest BCUT2D eigenvalue weighted by atomic mass is 9.83. The van der Waals surface area contributed by atoms with E-state index in [1.807, 2.05) is 56.3 Å². The number of rotatable bonds is 5. The van der Waals surface area contributed by atoms with E-state index in [0.29, 0.717) is 0 Å². The predicted molar refractivity (Wildman–Crippen MR) is 114 cm³/mol. The van der Waals surface area contributed by atoms with Gasteiger partial charge in [-0.25, -0.2) is 0 Å². The summed E-state index contributed by atoms with van der Waals surface area (Å²) in [5, 5.41) is 12.4. The van der Waals surface area contributed by atoms with Gasteiger partial charge in [0.2, 0.25) is 0 Å². The summed E-state index contributed by atoms with van der Waals surface area (Å²) in [6, 6.07) is 18.0. The van der Waals surface area contributed by atoms with E-state index in [2.05, 4.69) is 17.1 Å². The summed E-state index contributed by atoms with van der Waals surface area (Å²) in [5.41, 5.74) is 2.66. The van der Waals surface area contributed by atoms with Crippen LogP contribution in [0, 0.1) is 0 Å². The van der Waals surface area contributed by atoms with Crippen molar-refractivity contribution in [3.63, 3.8) is 0 Å². The highest BCUT2D eigenvalue weighted by Gasteiger charge is 2.35. The van der Waals surface area contributed by atoms with Crippen molar-refractivity contribution in [1.82, 2.24) is 4.98 Å². The van der Waals surface area contributed by atoms with E-state index in [0.717, 1.165) is 38.7 Å². The van der Waals surface area contributed by atoms with Gasteiger partial charge >= 0.3 is 7.48 Å². The minimum absolute atomic E-state index is 0.717. The van der Waals surface area contributed by atoms with Gasteiger partial charge in [-0.15, -0.1) is 0 Å². The van der Waals surface area contributed by atoms with Crippen molar-refractivity contribution in [2.75, 3.05) is 0 Å². The molecule has 141 valence electrons. The lowest BCUT2D eigenvalue weighted by Gasteiger charge is -2.37. The first-order valence-corrected chi connectivity index (χ1v) is 9.36. The van der Waals surface area contributed by atoms with Gasteiger partial charge in [0, 0.05) is 22.5 Å². The molecule has 0 saturated carbocycles. The minimum atomic E-state index is -0.964. The summed E-state index contributed by atoms with van der Waals surface area (Å²) in [6.07, 6.45) is 1.76. The van der Waals surface area contributed by atoms with Crippen LogP contribution in [0.1, 0.15) is 27.7 Å². The Hall–Kier alpha value is -2.63. The van der Waals surface area contributed by atoms with Crippen LogP contribution in [0.4, 0.5) is 0 Å². The lowest BCUT2D eigenvalue weighted by molar-refractivity contribution is -0.0893. The maximum atomic E-state index is 10.2. The molecule has 5 heteroatoms. The molecule has 0 bridgehead atoms. The van der Waals surface area contributed by atoms with Crippen LogP contribution in [0.3, 0.4) is 0 Å². The third-order valence-corrected chi connectivity index (χ3v) is 5.43. The predicted octanol–water partition coefficient (Wildman–Crippen LogP) is 4.46. The molecule has 0 aliphatic heterocycles. The molecule has 0 saturated heterocycles. The molecule has 0 fully saturated rings. The van der Waals surface area contributed by atoms with Crippen molar-refractivity contribution in [2.24, 2.45) is 0 Å². The van der Waals surface area contributed by atoms with Gasteiger partial charge in [0.1, 0.15) is 11.2 Å². The van der Waals surface area contributed by atoms with E-state index < -0.39 is 11.2 Å². The monoisotopic (exact) mass is 372 g/mol. The zero-order valence-corrected chi connectivity index (χ0v) is 16.6. The summed E-state index contributed by atoms with van der Waals surface area (Å²) in [5.74, 6) is 0. The second kappa shape index (κ2) is 6.76. The largest absolute Gasteiger partial charge is 0.455 e. The molecule has 0 unspecified atom stereocenters. The number of fused-ring (bicyclic) bond motifs is 3. The third-order valence-electron chi connectivity index (χ3n) is 5.43. The quantitative estimate of drug-likeness (QED) is 0.526. The van der Waals surface area contributed by atoms with Crippen molar-refractivity contribution < 1.29 is 14.2 Å². The zero-order valence-electron chi connectivity index (χ0n) is 16.6. The topological polar surface area (TPSA) is 55.5 Å². The molecule has 4 nitrogen and oxygen atoms in total. The number of hydrogen-bond donors (Lipinski definition) is 1. The molecule has 28 heavy (non-hydrogen) atoms. The average Bonchev–Trinajstić information content (AvgIpc) is 3.05. The SMILES string of the molecule is CC(C)(O)C(C)(C)O[B]c1ccc(-c2cccc3c2oc2ccccc23)nc1. The Morgan fingerprint density at radius 1 is 0.929 bits per heavy atom. The number of hydrogen-bond acceptors (Lipinski definition) is 4. The molecule has 0 atom stereocenters. The second-order valence-corrected chi connectivity index (χ2v) is 8.06. The molecule has 0 aliphatic rings. The molecule has 0 amide bonds. The number of benzene rings is 2. The Bertz CT molecular complexity index is 1120. The number of furan rings is 1. The minimum Gasteiger partial charge on any atom is -0.455 e. The fourth-order valence-electron chi connectivity index (χ4n) is 2.94. The molecular formula is C23H23BNO3. The van der Waals surface area contributed by atoms with E-state index in [1.165, 1.54) is 0 Å². The van der Waals surface area contributed by atoms with E-state index in [1.54, 1.807) is 27.5 Å². The number of aromatic nitrogens is 1. The summed E-state index contributed by atoms with van der Waals surface area (Å²) in [4.78, 5) is 4.60. The maximum Gasteiger partial charge on any atom is 0.332 e. The lowest BCUT2D eigenvalue weighted by Crippen LogP contribution is -2.49. The Balaban J connectivity index is 1.63. The van der Waals surface area contributed by atoms with Gasteiger partial charge in [0.05, 0.1) is 16.9 Å². The van der Waals surface area contributed by atoms with Gasteiger partial charge in [-0.2, -0.15) is 0 Å². The van der Waals surface area contributed by atoms with Crippen LogP contribution in [-0.2, 0) is 4.65 Å². The van der Waals surface area contributed by atoms with Crippen LogP contribution < -0.4 is 5.46 Å². The first-order chi connectivity index (χ1) is 13.3. The fourth-order valence-corrected chi connectivity index (χ4v) is 2.94. The first kappa shape index (κ1) is 18.7. The standard InChI is InChI=1S/C23H23BNO3/c1-22(2,26)23(3,4)28-24-15-12-13-19(25-14-15)18-10-7-9-17-16-8-5-6-11-20(16)27-21(17)18/h5-14,26H,1-4H3. The highest BCUT2D eigenvalue weighted by Crippen LogP contribution is 2.34. The van der Waals surface area contributed by atoms with Crippen LogP contribution in [0.15, 0.2) is 65.2 Å². The fraction of sp³-hybridized carbons (Fsp3) is 0.261. The zero-order chi connectivity index (χ0) is 19.9. The summed E-state index contributed by atoms with van der Waals surface area (Å²) < 4.78 is 11.9. The van der Waals surface area contributed by atoms with Crippen LogP contribution in [-0.4, -0.2) is 28.8 Å². The van der Waals surface area contributed by atoms with Gasteiger partial charge in [0.25, 0.3) is 0 Å². The Morgan fingerprint density at radius 2 is 1.68 bits per heavy atom.